The zero-order chi connectivity index (χ0) is 16.9. The van der Waals surface area contributed by atoms with Crippen LogP contribution in [-0.2, 0) is 14.3 Å². The average Bonchev–Trinajstić information content (AvgIpc) is 3.01. The van der Waals surface area contributed by atoms with Gasteiger partial charge in [0.05, 0.1) is 31.4 Å². The Kier molecular flexibility index (Phi) is 6.44. The van der Waals surface area contributed by atoms with Gasteiger partial charge in [-0.1, -0.05) is 18.5 Å². The van der Waals surface area contributed by atoms with E-state index in [2.05, 4.69) is 6.92 Å². The predicted molar refractivity (Wildman–Crippen MR) is 98.2 cm³/mol. The van der Waals surface area contributed by atoms with Crippen LogP contribution < -0.4 is 4.90 Å². The maximum absolute atomic E-state index is 12.7. The third-order valence-corrected chi connectivity index (χ3v) is 5.86. The number of thioether (sulfide) groups is 1. The van der Waals surface area contributed by atoms with E-state index in [-0.39, 0.29) is 12.0 Å². The van der Waals surface area contributed by atoms with Crippen molar-refractivity contribution in [3.63, 3.8) is 0 Å². The Morgan fingerprint density at radius 1 is 1.46 bits per heavy atom. The van der Waals surface area contributed by atoms with Gasteiger partial charge in [-0.05, 0) is 37.5 Å². The number of benzene rings is 1. The second-order valence-corrected chi connectivity index (χ2v) is 8.25. The lowest BCUT2D eigenvalue weighted by Gasteiger charge is -2.23. The Hall–Kier alpha value is -0.750. The largest absolute Gasteiger partial charge is 0.378 e. The van der Waals surface area contributed by atoms with E-state index >= 15 is 0 Å². The molecule has 0 saturated carbocycles. The van der Waals surface area contributed by atoms with Gasteiger partial charge in [0.25, 0.3) is 0 Å². The summed E-state index contributed by atoms with van der Waals surface area (Å²) >= 11 is 7.96. The number of rotatable bonds is 5. The normalized spacial score (nSPS) is 23.8. The number of nitrogens with zero attached hydrogens (tertiary/aromatic N) is 1. The minimum Gasteiger partial charge on any atom is -0.378 e. The SMILES string of the molecule is CC1CCN(C(=O)CCOCC2CCCO2)c2cc(Cl)ccc2S1. The summed E-state index contributed by atoms with van der Waals surface area (Å²) in [6.45, 7) is 4.78. The molecule has 1 amide bonds. The Morgan fingerprint density at radius 2 is 2.33 bits per heavy atom. The molecule has 3 rings (SSSR count). The molecule has 2 aliphatic rings. The molecule has 1 fully saturated rings. The maximum Gasteiger partial charge on any atom is 0.229 e. The molecule has 2 unspecified atom stereocenters. The van der Waals surface area contributed by atoms with Crippen molar-refractivity contribution in [2.45, 2.75) is 48.9 Å². The number of anilines is 1. The van der Waals surface area contributed by atoms with Gasteiger partial charge in [-0.15, -0.1) is 11.8 Å². The van der Waals surface area contributed by atoms with Crippen LogP contribution in [0, 0.1) is 0 Å². The van der Waals surface area contributed by atoms with Gasteiger partial charge in [0.2, 0.25) is 5.91 Å². The van der Waals surface area contributed by atoms with E-state index in [4.69, 9.17) is 21.1 Å². The lowest BCUT2D eigenvalue weighted by Crippen LogP contribution is -2.33. The fourth-order valence-corrected chi connectivity index (χ4v) is 4.31. The second-order valence-electron chi connectivity index (χ2n) is 6.33. The van der Waals surface area contributed by atoms with E-state index in [1.165, 1.54) is 0 Å². The van der Waals surface area contributed by atoms with Crippen LogP contribution in [-0.4, -0.2) is 43.6 Å². The van der Waals surface area contributed by atoms with Crippen LogP contribution in [0.1, 0.15) is 32.6 Å². The van der Waals surface area contributed by atoms with Crippen molar-refractivity contribution >= 4 is 35.0 Å². The molecule has 0 aromatic heterocycles. The fraction of sp³-hybridized carbons (Fsp3) is 0.611. The lowest BCUT2D eigenvalue weighted by molar-refractivity contribution is -0.120. The van der Waals surface area contributed by atoms with Crippen LogP contribution in [0.3, 0.4) is 0 Å². The number of halogens is 1. The predicted octanol–water partition coefficient (Wildman–Crippen LogP) is 4.14. The number of hydrogen-bond donors (Lipinski definition) is 0. The van der Waals surface area contributed by atoms with Crippen LogP contribution in [0.5, 0.6) is 0 Å². The van der Waals surface area contributed by atoms with Crippen molar-refractivity contribution in [3.05, 3.63) is 23.2 Å². The number of ether oxygens (including phenoxy) is 2. The van der Waals surface area contributed by atoms with Crippen molar-refractivity contribution in [3.8, 4) is 0 Å². The van der Waals surface area contributed by atoms with E-state index in [0.29, 0.717) is 29.9 Å². The molecule has 0 spiro atoms. The quantitative estimate of drug-likeness (QED) is 0.731. The summed E-state index contributed by atoms with van der Waals surface area (Å²) in [5.41, 5.74) is 0.931. The van der Waals surface area contributed by atoms with Crippen LogP contribution in [0.25, 0.3) is 0 Å². The number of carbonyl (C=O) groups is 1. The summed E-state index contributed by atoms with van der Waals surface area (Å²) < 4.78 is 11.2. The van der Waals surface area contributed by atoms with Crippen molar-refractivity contribution in [1.29, 1.82) is 0 Å². The first-order chi connectivity index (χ1) is 11.6. The highest BCUT2D eigenvalue weighted by Crippen LogP contribution is 2.39. The summed E-state index contributed by atoms with van der Waals surface area (Å²) in [5.74, 6) is 0.0977. The van der Waals surface area contributed by atoms with E-state index in [0.717, 1.165) is 43.0 Å². The van der Waals surface area contributed by atoms with Crippen molar-refractivity contribution < 1.29 is 14.3 Å². The molecule has 0 N–H and O–H groups in total. The minimum atomic E-state index is 0.0977. The highest BCUT2D eigenvalue weighted by molar-refractivity contribution is 8.00. The summed E-state index contributed by atoms with van der Waals surface area (Å²) in [5, 5.41) is 1.15. The van der Waals surface area contributed by atoms with Gasteiger partial charge in [0, 0.05) is 28.3 Å². The Morgan fingerprint density at radius 3 is 3.12 bits per heavy atom. The smallest absolute Gasteiger partial charge is 0.229 e. The van der Waals surface area contributed by atoms with Crippen molar-refractivity contribution in [2.75, 3.05) is 31.3 Å². The maximum atomic E-state index is 12.7. The Bertz CT molecular complexity index is 577. The molecule has 1 aromatic carbocycles. The molecule has 2 aliphatic heterocycles. The molecule has 1 saturated heterocycles. The van der Waals surface area contributed by atoms with Crippen LogP contribution in [0.15, 0.2) is 23.1 Å². The first-order valence-electron chi connectivity index (χ1n) is 8.59. The van der Waals surface area contributed by atoms with E-state index in [1.807, 2.05) is 34.9 Å². The highest BCUT2D eigenvalue weighted by atomic mass is 35.5. The van der Waals surface area contributed by atoms with E-state index in [9.17, 15) is 4.79 Å². The third kappa shape index (κ3) is 4.66. The van der Waals surface area contributed by atoms with E-state index in [1.54, 1.807) is 0 Å². The number of fused-ring (bicyclic) bond motifs is 1. The van der Waals surface area contributed by atoms with Gasteiger partial charge in [-0.2, -0.15) is 0 Å². The van der Waals surface area contributed by atoms with Gasteiger partial charge >= 0.3 is 0 Å². The molecule has 0 bridgehead atoms. The highest BCUT2D eigenvalue weighted by Gasteiger charge is 2.24. The molecule has 0 radical (unpaired) electrons. The van der Waals surface area contributed by atoms with Gasteiger partial charge in [0.15, 0.2) is 0 Å². The molecular formula is C18H24ClNO3S. The second kappa shape index (κ2) is 8.56. The van der Waals surface area contributed by atoms with Crippen molar-refractivity contribution in [2.24, 2.45) is 0 Å². The standard InChI is InChI=1S/C18H24ClNO3S/c1-13-6-8-20(16-11-14(19)4-5-17(16)24-13)18(21)7-10-22-12-15-3-2-9-23-15/h4-5,11,13,15H,2-3,6-10,12H2,1H3. The molecule has 2 heterocycles. The number of hydrogen-bond acceptors (Lipinski definition) is 4. The molecule has 0 aliphatic carbocycles. The van der Waals surface area contributed by atoms with Crippen LogP contribution in [0.2, 0.25) is 5.02 Å². The van der Waals surface area contributed by atoms with Crippen LogP contribution in [0.4, 0.5) is 5.69 Å². The third-order valence-electron chi connectivity index (χ3n) is 4.39. The molecular weight excluding hydrogens is 346 g/mol. The minimum absolute atomic E-state index is 0.0977. The zero-order valence-corrected chi connectivity index (χ0v) is 15.6. The Balaban J connectivity index is 1.58. The molecule has 2 atom stereocenters. The number of amides is 1. The van der Waals surface area contributed by atoms with Crippen molar-refractivity contribution in [1.82, 2.24) is 0 Å². The van der Waals surface area contributed by atoms with Gasteiger partial charge in [-0.3, -0.25) is 4.79 Å². The molecule has 6 heteroatoms. The zero-order valence-electron chi connectivity index (χ0n) is 14.0. The molecule has 24 heavy (non-hydrogen) atoms. The fourth-order valence-electron chi connectivity index (χ4n) is 3.05. The summed E-state index contributed by atoms with van der Waals surface area (Å²) in [4.78, 5) is 15.7. The Labute approximate surface area is 152 Å². The average molecular weight is 370 g/mol. The van der Waals surface area contributed by atoms with Gasteiger partial charge in [-0.25, -0.2) is 0 Å². The summed E-state index contributed by atoms with van der Waals surface area (Å²) in [6, 6.07) is 5.80. The molecule has 132 valence electrons. The van der Waals surface area contributed by atoms with E-state index < -0.39 is 0 Å². The van der Waals surface area contributed by atoms with Gasteiger partial charge < -0.3 is 14.4 Å². The first-order valence-corrected chi connectivity index (χ1v) is 9.85. The molecule has 1 aromatic rings. The lowest BCUT2D eigenvalue weighted by atomic mass is 10.2. The topological polar surface area (TPSA) is 38.8 Å². The molecule has 4 nitrogen and oxygen atoms in total. The first kappa shape index (κ1) is 18.1. The van der Waals surface area contributed by atoms with Crippen LogP contribution >= 0.6 is 23.4 Å². The summed E-state index contributed by atoms with van der Waals surface area (Å²) in [7, 11) is 0. The summed E-state index contributed by atoms with van der Waals surface area (Å²) in [6.07, 6.45) is 3.72. The monoisotopic (exact) mass is 369 g/mol. The van der Waals surface area contributed by atoms with Gasteiger partial charge in [0.1, 0.15) is 0 Å². The number of carbonyl (C=O) groups excluding carboxylic acids is 1.